The Hall–Kier alpha value is -4.00. The number of methoxy groups -OCH3 is 1. The first-order valence-corrected chi connectivity index (χ1v) is 10.2. The Morgan fingerprint density at radius 3 is 2.59 bits per heavy atom. The Morgan fingerprint density at radius 2 is 1.84 bits per heavy atom. The van der Waals surface area contributed by atoms with Gasteiger partial charge >= 0.3 is 0 Å². The van der Waals surface area contributed by atoms with Gasteiger partial charge < -0.3 is 14.6 Å². The molecule has 1 heterocycles. The molecule has 4 aromatic rings. The van der Waals surface area contributed by atoms with Crippen LogP contribution in [0.1, 0.15) is 21.7 Å². The second-order valence-corrected chi connectivity index (χ2v) is 7.36. The molecule has 0 aliphatic heterocycles. The molecule has 1 amide bonds. The molecule has 1 N–H and O–H groups in total. The predicted octanol–water partition coefficient (Wildman–Crippen LogP) is 3.96. The third-order valence-corrected chi connectivity index (χ3v) is 5.19. The molecule has 0 saturated carbocycles. The van der Waals surface area contributed by atoms with Crippen molar-refractivity contribution in [3.8, 4) is 5.75 Å². The number of nitrogens with zero attached hydrogens (tertiary/aromatic N) is 2. The number of fused-ring (bicyclic) bond motifs is 1. The summed E-state index contributed by atoms with van der Waals surface area (Å²) >= 11 is 0. The average Bonchev–Trinajstić information content (AvgIpc) is 2.81. The molecule has 0 atom stereocenters. The van der Waals surface area contributed by atoms with Gasteiger partial charge in [-0.2, -0.15) is 0 Å². The first-order chi connectivity index (χ1) is 15.5. The maximum absolute atomic E-state index is 13.7. The van der Waals surface area contributed by atoms with Crippen molar-refractivity contribution in [1.29, 1.82) is 0 Å². The van der Waals surface area contributed by atoms with E-state index in [2.05, 4.69) is 9.97 Å². The molecule has 0 fully saturated rings. The quantitative estimate of drug-likeness (QED) is 0.481. The summed E-state index contributed by atoms with van der Waals surface area (Å²) in [5, 5.41) is 0.484. The summed E-state index contributed by atoms with van der Waals surface area (Å²) in [4.78, 5) is 34.5. The number of para-hydroxylation sites is 1. The van der Waals surface area contributed by atoms with E-state index in [1.54, 1.807) is 42.3 Å². The van der Waals surface area contributed by atoms with Gasteiger partial charge in [-0.25, -0.2) is 9.37 Å². The van der Waals surface area contributed by atoms with Gasteiger partial charge in [0.2, 0.25) is 0 Å². The molecule has 4 rings (SSSR count). The number of ether oxygens (including phenoxy) is 1. The second kappa shape index (κ2) is 9.43. The van der Waals surface area contributed by atoms with E-state index in [9.17, 15) is 14.0 Å². The number of aromatic amines is 1. The van der Waals surface area contributed by atoms with E-state index in [1.165, 1.54) is 18.2 Å². The lowest BCUT2D eigenvalue weighted by Gasteiger charge is -2.22. The summed E-state index contributed by atoms with van der Waals surface area (Å²) < 4.78 is 18.9. The zero-order valence-corrected chi connectivity index (χ0v) is 17.5. The fourth-order valence-electron chi connectivity index (χ4n) is 3.50. The average molecular weight is 431 g/mol. The van der Waals surface area contributed by atoms with Crippen LogP contribution in [0.4, 0.5) is 4.39 Å². The van der Waals surface area contributed by atoms with Gasteiger partial charge in [-0.05, 0) is 54.4 Å². The minimum atomic E-state index is -0.483. The molecule has 0 unspecified atom stereocenters. The molecule has 0 bridgehead atoms. The molecular weight excluding hydrogens is 409 g/mol. The van der Waals surface area contributed by atoms with Gasteiger partial charge in [-0.1, -0.05) is 30.3 Å². The number of rotatable bonds is 7. The highest BCUT2D eigenvalue weighted by molar-refractivity contribution is 5.94. The largest absolute Gasteiger partial charge is 0.497 e. The predicted molar refractivity (Wildman–Crippen MR) is 120 cm³/mol. The Balaban J connectivity index is 1.61. The van der Waals surface area contributed by atoms with Gasteiger partial charge in [0.15, 0.2) is 0 Å². The van der Waals surface area contributed by atoms with Crippen molar-refractivity contribution in [2.45, 2.75) is 13.0 Å². The maximum atomic E-state index is 13.7. The van der Waals surface area contributed by atoms with E-state index in [1.807, 2.05) is 24.3 Å². The topological polar surface area (TPSA) is 75.3 Å². The van der Waals surface area contributed by atoms with Crippen LogP contribution in [-0.4, -0.2) is 34.4 Å². The van der Waals surface area contributed by atoms with E-state index in [4.69, 9.17) is 4.74 Å². The lowest BCUT2D eigenvalue weighted by atomic mass is 10.1. The minimum absolute atomic E-state index is 0.0889. The summed E-state index contributed by atoms with van der Waals surface area (Å²) in [5.74, 6) is 0.296. The third kappa shape index (κ3) is 4.83. The van der Waals surface area contributed by atoms with E-state index >= 15 is 0 Å². The smallest absolute Gasteiger partial charge is 0.258 e. The number of hydrogen-bond acceptors (Lipinski definition) is 4. The Morgan fingerprint density at radius 1 is 1.06 bits per heavy atom. The van der Waals surface area contributed by atoms with Gasteiger partial charge in [-0.15, -0.1) is 0 Å². The Labute approximate surface area is 184 Å². The molecule has 162 valence electrons. The summed E-state index contributed by atoms with van der Waals surface area (Å²) in [5.41, 5.74) is 1.55. The third-order valence-electron chi connectivity index (χ3n) is 5.19. The van der Waals surface area contributed by atoms with Gasteiger partial charge in [-0.3, -0.25) is 9.59 Å². The molecule has 0 radical (unpaired) electrons. The fourth-order valence-corrected chi connectivity index (χ4v) is 3.50. The number of carbonyl (C=O) groups is 1. The van der Waals surface area contributed by atoms with E-state index in [0.29, 0.717) is 29.7 Å². The first-order valence-electron chi connectivity index (χ1n) is 10.2. The highest BCUT2D eigenvalue weighted by atomic mass is 19.1. The summed E-state index contributed by atoms with van der Waals surface area (Å²) in [6, 6.07) is 20.2. The van der Waals surface area contributed by atoms with Crippen LogP contribution in [0.5, 0.6) is 5.75 Å². The van der Waals surface area contributed by atoms with E-state index in [0.717, 1.165) is 11.3 Å². The van der Waals surface area contributed by atoms with Crippen molar-refractivity contribution in [3.63, 3.8) is 0 Å². The Bertz CT molecular complexity index is 1300. The van der Waals surface area contributed by atoms with Crippen LogP contribution in [0.2, 0.25) is 0 Å². The van der Waals surface area contributed by atoms with Crippen molar-refractivity contribution in [3.05, 3.63) is 106 Å². The lowest BCUT2D eigenvalue weighted by molar-refractivity contribution is 0.0740. The number of nitrogens with one attached hydrogen (secondary N) is 1. The number of amides is 1. The number of benzene rings is 3. The van der Waals surface area contributed by atoms with Crippen LogP contribution in [0, 0.1) is 5.82 Å². The van der Waals surface area contributed by atoms with Crippen molar-refractivity contribution in [2.75, 3.05) is 13.7 Å². The van der Waals surface area contributed by atoms with Crippen molar-refractivity contribution >= 4 is 16.8 Å². The maximum Gasteiger partial charge on any atom is 0.258 e. The zero-order chi connectivity index (χ0) is 22.5. The molecule has 3 aromatic carbocycles. The van der Waals surface area contributed by atoms with Crippen LogP contribution in [0.3, 0.4) is 0 Å². The Kier molecular flexibility index (Phi) is 6.26. The summed E-state index contributed by atoms with van der Waals surface area (Å²) in [6.07, 6.45) is 0.572. The molecular formula is C25H22FN3O3. The number of hydrogen-bond donors (Lipinski definition) is 1. The molecule has 0 aliphatic carbocycles. The minimum Gasteiger partial charge on any atom is -0.497 e. The number of aromatic nitrogens is 2. The summed E-state index contributed by atoms with van der Waals surface area (Å²) in [7, 11) is 1.60. The first kappa shape index (κ1) is 21.2. The summed E-state index contributed by atoms with van der Waals surface area (Å²) in [6.45, 7) is 0.448. The van der Waals surface area contributed by atoms with Gasteiger partial charge in [0.25, 0.3) is 11.5 Å². The van der Waals surface area contributed by atoms with E-state index < -0.39 is 5.82 Å². The highest BCUT2D eigenvalue weighted by Gasteiger charge is 2.18. The van der Waals surface area contributed by atoms with Crippen molar-refractivity contribution in [1.82, 2.24) is 14.9 Å². The van der Waals surface area contributed by atoms with Crippen LogP contribution in [0.25, 0.3) is 10.9 Å². The number of carbonyl (C=O) groups excluding carboxylic acids is 1. The normalized spacial score (nSPS) is 10.8. The number of H-pyrrole nitrogens is 1. The van der Waals surface area contributed by atoms with Crippen molar-refractivity contribution < 1.29 is 13.9 Å². The molecule has 32 heavy (non-hydrogen) atoms. The van der Waals surface area contributed by atoms with Crippen LogP contribution in [0.15, 0.2) is 77.6 Å². The van der Waals surface area contributed by atoms with Crippen LogP contribution >= 0.6 is 0 Å². The zero-order valence-electron chi connectivity index (χ0n) is 17.5. The molecule has 0 saturated heterocycles. The molecule has 6 nitrogen and oxygen atoms in total. The molecule has 1 aromatic heterocycles. The standard InChI is InChI=1S/C25H22FN3O3/c1-32-20-11-9-17(10-12-20)13-14-29(25(31)18-5-4-6-19(26)15-18)16-23-27-22-8-3-2-7-21(22)24(30)28-23/h2-12,15H,13-14,16H2,1H3,(H,27,28,30). The lowest BCUT2D eigenvalue weighted by Crippen LogP contribution is -2.34. The van der Waals surface area contributed by atoms with Crippen LogP contribution in [-0.2, 0) is 13.0 Å². The van der Waals surface area contributed by atoms with E-state index in [-0.39, 0.29) is 23.6 Å². The molecule has 0 aliphatic rings. The van der Waals surface area contributed by atoms with Crippen molar-refractivity contribution in [2.24, 2.45) is 0 Å². The van der Waals surface area contributed by atoms with Crippen LogP contribution < -0.4 is 10.3 Å². The fraction of sp³-hybridized carbons (Fsp3) is 0.160. The van der Waals surface area contributed by atoms with Gasteiger partial charge in [0.05, 0.1) is 24.6 Å². The highest BCUT2D eigenvalue weighted by Crippen LogP contribution is 2.15. The molecule has 7 heteroatoms. The number of halogens is 1. The monoisotopic (exact) mass is 431 g/mol. The molecule has 0 spiro atoms. The van der Waals surface area contributed by atoms with Gasteiger partial charge in [0, 0.05) is 12.1 Å². The van der Waals surface area contributed by atoms with Gasteiger partial charge in [0.1, 0.15) is 17.4 Å². The SMILES string of the molecule is COc1ccc(CCN(Cc2nc3ccccc3c(=O)[nH]2)C(=O)c2cccc(F)c2)cc1. The second-order valence-electron chi connectivity index (χ2n) is 7.36.